The van der Waals surface area contributed by atoms with Crippen LogP contribution in [0.15, 0.2) is 17.5 Å². The fourth-order valence-corrected chi connectivity index (χ4v) is 3.96. The highest BCUT2D eigenvalue weighted by Gasteiger charge is 2.51. The molecule has 4 unspecified atom stereocenters. The molecule has 3 rings (SSSR count). The number of hydrogen-bond donors (Lipinski definition) is 1. The van der Waals surface area contributed by atoms with Gasteiger partial charge >= 0.3 is 0 Å². The van der Waals surface area contributed by atoms with Crippen LogP contribution in [-0.2, 0) is 4.79 Å². The maximum absolute atomic E-state index is 12.6. The molecule has 0 radical (unpaired) electrons. The Kier molecular flexibility index (Phi) is 3.63. The summed E-state index contributed by atoms with van der Waals surface area (Å²) in [5.41, 5.74) is 0. The van der Waals surface area contributed by atoms with Crippen LogP contribution in [-0.4, -0.2) is 22.9 Å². The summed E-state index contributed by atoms with van der Waals surface area (Å²) in [6.07, 6.45) is 4.48. The van der Waals surface area contributed by atoms with Crippen molar-refractivity contribution in [3.05, 3.63) is 22.4 Å². The highest BCUT2D eigenvalue weighted by atomic mass is 32.1. The maximum atomic E-state index is 12.6. The quantitative estimate of drug-likeness (QED) is 0.897. The second-order valence-electron chi connectivity index (χ2n) is 5.64. The summed E-state index contributed by atoms with van der Waals surface area (Å²) in [7, 11) is 0. The first-order valence-corrected chi connectivity index (χ1v) is 8.25. The van der Waals surface area contributed by atoms with Gasteiger partial charge in [0.1, 0.15) is 6.17 Å². The summed E-state index contributed by atoms with van der Waals surface area (Å²) in [6, 6.07) is 4.70. The van der Waals surface area contributed by atoms with Crippen LogP contribution in [0.2, 0.25) is 0 Å². The molecular formula is C15H22N2OS. The molecule has 1 aliphatic heterocycles. The minimum Gasteiger partial charge on any atom is -0.317 e. The van der Waals surface area contributed by atoms with E-state index in [1.165, 1.54) is 17.7 Å². The summed E-state index contributed by atoms with van der Waals surface area (Å²) >= 11 is 1.74. The van der Waals surface area contributed by atoms with Crippen LogP contribution in [0.1, 0.15) is 50.6 Å². The van der Waals surface area contributed by atoms with Gasteiger partial charge in [0.2, 0.25) is 5.91 Å². The molecule has 19 heavy (non-hydrogen) atoms. The first-order chi connectivity index (χ1) is 9.26. The molecule has 2 fully saturated rings. The van der Waals surface area contributed by atoms with E-state index in [4.69, 9.17) is 0 Å². The average molecular weight is 278 g/mol. The van der Waals surface area contributed by atoms with Crippen LogP contribution < -0.4 is 5.32 Å². The molecule has 3 nitrogen and oxygen atoms in total. The highest BCUT2D eigenvalue weighted by molar-refractivity contribution is 7.10. The van der Waals surface area contributed by atoms with Crippen molar-refractivity contribution in [3.63, 3.8) is 0 Å². The van der Waals surface area contributed by atoms with Crippen LogP contribution in [0.5, 0.6) is 0 Å². The van der Waals surface area contributed by atoms with E-state index in [-0.39, 0.29) is 12.2 Å². The van der Waals surface area contributed by atoms with Crippen molar-refractivity contribution in [3.8, 4) is 0 Å². The molecule has 4 heteroatoms. The molecule has 1 saturated carbocycles. The summed E-state index contributed by atoms with van der Waals surface area (Å²) < 4.78 is 0. The number of nitrogens with one attached hydrogen (secondary N) is 1. The Hall–Kier alpha value is -0.870. The van der Waals surface area contributed by atoms with Gasteiger partial charge in [-0.2, -0.15) is 0 Å². The number of hydrogen-bond acceptors (Lipinski definition) is 3. The minimum atomic E-state index is 0.0233. The van der Waals surface area contributed by atoms with Crippen molar-refractivity contribution in [2.75, 3.05) is 0 Å². The van der Waals surface area contributed by atoms with Crippen LogP contribution in [0.3, 0.4) is 0 Å². The zero-order valence-electron chi connectivity index (χ0n) is 11.6. The third-order valence-electron chi connectivity index (χ3n) is 4.35. The molecule has 4 atom stereocenters. The third-order valence-corrected chi connectivity index (χ3v) is 5.27. The van der Waals surface area contributed by atoms with Crippen molar-refractivity contribution >= 4 is 17.2 Å². The lowest BCUT2D eigenvalue weighted by Gasteiger charge is -2.23. The highest BCUT2D eigenvalue weighted by Crippen LogP contribution is 2.44. The summed E-state index contributed by atoms with van der Waals surface area (Å²) in [6.45, 7) is 4.37. The molecule has 1 amide bonds. The molecule has 2 aliphatic rings. The maximum Gasteiger partial charge on any atom is 0.241 e. The first kappa shape index (κ1) is 13.1. The summed E-state index contributed by atoms with van der Waals surface area (Å²) in [5.74, 6) is 1.04. The van der Waals surface area contributed by atoms with Gasteiger partial charge in [-0.3, -0.25) is 10.1 Å². The predicted molar refractivity (Wildman–Crippen MR) is 77.9 cm³/mol. The third kappa shape index (κ3) is 2.32. The first-order valence-electron chi connectivity index (χ1n) is 7.37. The van der Waals surface area contributed by atoms with Gasteiger partial charge in [0.25, 0.3) is 0 Å². The van der Waals surface area contributed by atoms with E-state index in [9.17, 15) is 4.79 Å². The average Bonchev–Trinajstić information content (AvgIpc) is 2.84. The lowest BCUT2D eigenvalue weighted by Crippen LogP contribution is -2.33. The number of carbonyl (C=O) groups excluding carboxylic acids is 1. The molecule has 1 saturated heterocycles. The normalized spacial score (nSPS) is 34.0. The Morgan fingerprint density at radius 1 is 1.47 bits per heavy atom. The molecule has 0 bridgehead atoms. The Bertz CT molecular complexity index is 445. The predicted octanol–water partition coefficient (Wildman–Crippen LogP) is 3.15. The van der Waals surface area contributed by atoms with E-state index in [2.05, 4.69) is 41.6 Å². The molecule has 104 valence electrons. The van der Waals surface area contributed by atoms with E-state index < -0.39 is 0 Å². The Balaban J connectivity index is 1.82. The van der Waals surface area contributed by atoms with Gasteiger partial charge in [0.15, 0.2) is 0 Å². The minimum absolute atomic E-state index is 0.0233. The molecule has 0 spiro atoms. The zero-order chi connectivity index (χ0) is 13.4. The van der Waals surface area contributed by atoms with Gasteiger partial charge in [0, 0.05) is 10.9 Å². The number of rotatable bonds is 5. The van der Waals surface area contributed by atoms with Crippen molar-refractivity contribution in [2.24, 2.45) is 5.92 Å². The fourth-order valence-electron chi connectivity index (χ4n) is 3.18. The Morgan fingerprint density at radius 2 is 2.32 bits per heavy atom. The Morgan fingerprint density at radius 3 is 2.89 bits per heavy atom. The monoisotopic (exact) mass is 278 g/mol. The molecule has 1 aromatic rings. The summed E-state index contributed by atoms with van der Waals surface area (Å²) in [5, 5.41) is 5.64. The second-order valence-corrected chi connectivity index (χ2v) is 6.62. The van der Waals surface area contributed by atoms with Crippen molar-refractivity contribution in [2.45, 2.75) is 57.8 Å². The van der Waals surface area contributed by atoms with Gasteiger partial charge in [-0.25, -0.2) is 0 Å². The van der Waals surface area contributed by atoms with E-state index >= 15 is 0 Å². The van der Waals surface area contributed by atoms with Gasteiger partial charge in [-0.15, -0.1) is 11.3 Å². The number of amides is 1. The largest absolute Gasteiger partial charge is 0.317 e. The second kappa shape index (κ2) is 5.25. The fraction of sp³-hybridized carbons (Fsp3) is 0.667. The summed E-state index contributed by atoms with van der Waals surface area (Å²) in [4.78, 5) is 16.0. The van der Waals surface area contributed by atoms with Crippen LogP contribution in [0, 0.1) is 5.92 Å². The van der Waals surface area contributed by atoms with Crippen molar-refractivity contribution in [1.29, 1.82) is 0 Å². The van der Waals surface area contributed by atoms with E-state index in [0.717, 1.165) is 12.8 Å². The standard InChI is InChI=1S/C15H22N2OS/c1-3-6-11-15(18)17(12-9-10(12)4-2)14(16-11)13-7-5-8-19-13/h5,7-8,10-12,14,16H,3-4,6,9H2,1-2H3. The number of nitrogens with zero attached hydrogens (tertiary/aromatic N) is 1. The van der Waals surface area contributed by atoms with E-state index in [0.29, 0.717) is 17.9 Å². The zero-order valence-corrected chi connectivity index (χ0v) is 12.5. The molecule has 0 aromatic carbocycles. The molecule has 1 aliphatic carbocycles. The van der Waals surface area contributed by atoms with Gasteiger partial charge in [0.05, 0.1) is 6.04 Å². The van der Waals surface area contributed by atoms with Crippen LogP contribution in [0.25, 0.3) is 0 Å². The molecule has 2 heterocycles. The van der Waals surface area contributed by atoms with E-state index in [1.54, 1.807) is 11.3 Å². The van der Waals surface area contributed by atoms with Crippen LogP contribution in [0.4, 0.5) is 0 Å². The molecule has 1 N–H and O–H groups in total. The van der Waals surface area contributed by atoms with Gasteiger partial charge in [-0.05, 0) is 30.2 Å². The lowest BCUT2D eigenvalue weighted by molar-refractivity contribution is -0.131. The molecular weight excluding hydrogens is 256 g/mol. The molecule has 1 aromatic heterocycles. The SMILES string of the molecule is CCCC1NC(c2cccs2)N(C2CC2CC)C1=O. The van der Waals surface area contributed by atoms with Gasteiger partial charge < -0.3 is 4.90 Å². The lowest BCUT2D eigenvalue weighted by atomic mass is 10.1. The van der Waals surface area contributed by atoms with Crippen molar-refractivity contribution < 1.29 is 4.79 Å². The van der Waals surface area contributed by atoms with E-state index in [1.807, 2.05) is 0 Å². The Labute approximate surface area is 119 Å². The van der Waals surface area contributed by atoms with Crippen LogP contribution >= 0.6 is 11.3 Å². The number of thiophene rings is 1. The number of carbonyl (C=O) groups is 1. The van der Waals surface area contributed by atoms with Gasteiger partial charge in [-0.1, -0.05) is 32.8 Å². The smallest absolute Gasteiger partial charge is 0.241 e. The van der Waals surface area contributed by atoms with Crippen molar-refractivity contribution in [1.82, 2.24) is 10.2 Å². The topological polar surface area (TPSA) is 32.3 Å².